The SMILES string of the molecule is COCCC(NN)C1CCOC2(CCCC2)C1. The van der Waals surface area contributed by atoms with E-state index in [-0.39, 0.29) is 5.60 Å². The Morgan fingerprint density at radius 1 is 1.47 bits per heavy atom. The van der Waals surface area contributed by atoms with Gasteiger partial charge in [-0.3, -0.25) is 11.3 Å². The standard InChI is InChI=1S/C13H26N2O2/c1-16-8-5-12(15-14)11-4-9-17-13(10-11)6-2-3-7-13/h11-12,15H,2-10,14H2,1H3. The zero-order chi connectivity index (χ0) is 12.1. The molecule has 0 bridgehead atoms. The van der Waals surface area contributed by atoms with E-state index in [1.807, 2.05) is 0 Å². The molecule has 2 aliphatic rings. The second-order valence-electron chi connectivity index (χ2n) is 5.55. The molecule has 2 fully saturated rings. The molecule has 0 amide bonds. The van der Waals surface area contributed by atoms with Crippen molar-refractivity contribution in [2.24, 2.45) is 11.8 Å². The predicted molar refractivity (Wildman–Crippen MR) is 67.5 cm³/mol. The summed E-state index contributed by atoms with van der Waals surface area (Å²) < 4.78 is 11.2. The second-order valence-corrected chi connectivity index (χ2v) is 5.55. The van der Waals surface area contributed by atoms with Crippen molar-refractivity contribution in [3.8, 4) is 0 Å². The molecule has 3 N–H and O–H groups in total. The van der Waals surface area contributed by atoms with E-state index in [2.05, 4.69) is 5.43 Å². The zero-order valence-corrected chi connectivity index (χ0v) is 10.9. The average Bonchev–Trinajstić information content (AvgIpc) is 2.78. The van der Waals surface area contributed by atoms with Crippen molar-refractivity contribution < 1.29 is 9.47 Å². The van der Waals surface area contributed by atoms with Gasteiger partial charge in [0.2, 0.25) is 0 Å². The number of nitrogens with one attached hydrogen (secondary N) is 1. The van der Waals surface area contributed by atoms with Crippen molar-refractivity contribution in [1.82, 2.24) is 5.43 Å². The number of methoxy groups -OCH3 is 1. The molecule has 0 radical (unpaired) electrons. The maximum absolute atomic E-state index is 6.06. The van der Waals surface area contributed by atoms with Gasteiger partial charge in [0.05, 0.1) is 5.60 Å². The lowest BCUT2D eigenvalue weighted by Gasteiger charge is -2.41. The highest BCUT2D eigenvalue weighted by Gasteiger charge is 2.41. The molecule has 1 saturated heterocycles. The molecule has 1 aliphatic heterocycles. The molecule has 0 aromatic rings. The van der Waals surface area contributed by atoms with Crippen LogP contribution in [0.25, 0.3) is 0 Å². The average molecular weight is 242 g/mol. The van der Waals surface area contributed by atoms with E-state index in [1.54, 1.807) is 7.11 Å². The Morgan fingerprint density at radius 3 is 2.88 bits per heavy atom. The quantitative estimate of drug-likeness (QED) is 0.568. The van der Waals surface area contributed by atoms with Crippen LogP contribution in [0.15, 0.2) is 0 Å². The van der Waals surface area contributed by atoms with Crippen molar-refractivity contribution in [1.29, 1.82) is 0 Å². The van der Waals surface area contributed by atoms with Crippen LogP contribution in [-0.4, -0.2) is 32.0 Å². The van der Waals surface area contributed by atoms with Crippen LogP contribution >= 0.6 is 0 Å². The third-order valence-corrected chi connectivity index (χ3v) is 4.46. The van der Waals surface area contributed by atoms with Gasteiger partial charge in [0, 0.05) is 26.4 Å². The molecule has 4 nitrogen and oxygen atoms in total. The number of hydrogen-bond acceptors (Lipinski definition) is 4. The summed E-state index contributed by atoms with van der Waals surface area (Å²) in [5, 5.41) is 0. The molecule has 0 aromatic heterocycles. The maximum Gasteiger partial charge on any atom is 0.0685 e. The Kier molecular flexibility index (Phi) is 4.79. The summed E-state index contributed by atoms with van der Waals surface area (Å²) in [6, 6.07) is 0.372. The van der Waals surface area contributed by atoms with Crippen LogP contribution in [0.1, 0.15) is 44.9 Å². The van der Waals surface area contributed by atoms with Gasteiger partial charge in [-0.2, -0.15) is 0 Å². The van der Waals surface area contributed by atoms with Gasteiger partial charge in [-0.05, 0) is 38.0 Å². The molecule has 100 valence electrons. The predicted octanol–water partition coefficient (Wildman–Crippen LogP) is 1.59. The fourth-order valence-corrected chi connectivity index (χ4v) is 3.48. The van der Waals surface area contributed by atoms with Crippen molar-refractivity contribution in [3.63, 3.8) is 0 Å². The number of ether oxygens (including phenoxy) is 2. The zero-order valence-electron chi connectivity index (χ0n) is 10.9. The summed E-state index contributed by atoms with van der Waals surface area (Å²) in [5.41, 5.74) is 3.16. The summed E-state index contributed by atoms with van der Waals surface area (Å²) in [6.07, 6.45) is 8.42. The lowest BCUT2D eigenvalue weighted by atomic mass is 9.80. The topological polar surface area (TPSA) is 56.5 Å². The monoisotopic (exact) mass is 242 g/mol. The van der Waals surface area contributed by atoms with E-state index in [0.717, 1.165) is 26.1 Å². The molecule has 1 heterocycles. The summed E-state index contributed by atoms with van der Waals surface area (Å²) >= 11 is 0. The Balaban J connectivity index is 1.90. The first kappa shape index (κ1) is 13.3. The Morgan fingerprint density at radius 2 is 2.24 bits per heavy atom. The van der Waals surface area contributed by atoms with Gasteiger partial charge in [-0.15, -0.1) is 0 Å². The minimum Gasteiger partial charge on any atom is -0.385 e. The van der Waals surface area contributed by atoms with Crippen molar-refractivity contribution in [2.45, 2.75) is 56.6 Å². The Labute approximate surface area is 104 Å². The van der Waals surface area contributed by atoms with Crippen molar-refractivity contribution in [2.75, 3.05) is 20.3 Å². The number of rotatable bonds is 5. The highest BCUT2D eigenvalue weighted by Crippen LogP contribution is 2.43. The van der Waals surface area contributed by atoms with Gasteiger partial charge in [-0.1, -0.05) is 12.8 Å². The van der Waals surface area contributed by atoms with Crippen LogP contribution in [0.5, 0.6) is 0 Å². The molecule has 17 heavy (non-hydrogen) atoms. The minimum absolute atomic E-state index is 0.186. The first-order chi connectivity index (χ1) is 8.29. The number of nitrogens with two attached hydrogens (primary N) is 1. The first-order valence-electron chi connectivity index (χ1n) is 6.89. The maximum atomic E-state index is 6.06. The highest BCUT2D eigenvalue weighted by atomic mass is 16.5. The molecular weight excluding hydrogens is 216 g/mol. The van der Waals surface area contributed by atoms with Crippen LogP contribution in [0, 0.1) is 5.92 Å². The molecule has 1 saturated carbocycles. The van der Waals surface area contributed by atoms with Crippen LogP contribution in [0.3, 0.4) is 0 Å². The summed E-state index contributed by atoms with van der Waals surface area (Å²) in [7, 11) is 1.75. The van der Waals surface area contributed by atoms with E-state index in [9.17, 15) is 0 Å². The third-order valence-electron chi connectivity index (χ3n) is 4.46. The van der Waals surface area contributed by atoms with E-state index >= 15 is 0 Å². The van der Waals surface area contributed by atoms with Crippen LogP contribution in [0.2, 0.25) is 0 Å². The summed E-state index contributed by atoms with van der Waals surface area (Å²) in [5.74, 6) is 6.33. The Bertz CT molecular complexity index is 229. The normalized spacial score (nSPS) is 29.6. The lowest BCUT2D eigenvalue weighted by molar-refractivity contribution is -0.0989. The number of hydrogen-bond donors (Lipinski definition) is 2. The smallest absolute Gasteiger partial charge is 0.0685 e. The van der Waals surface area contributed by atoms with Gasteiger partial charge in [0.15, 0.2) is 0 Å². The summed E-state index contributed by atoms with van der Waals surface area (Å²) in [4.78, 5) is 0. The summed E-state index contributed by atoms with van der Waals surface area (Å²) in [6.45, 7) is 1.68. The van der Waals surface area contributed by atoms with Crippen LogP contribution in [0.4, 0.5) is 0 Å². The lowest BCUT2D eigenvalue weighted by Crippen LogP contribution is -2.48. The van der Waals surface area contributed by atoms with E-state index in [0.29, 0.717) is 12.0 Å². The second kappa shape index (κ2) is 6.14. The highest BCUT2D eigenvalue weighted by molar-refractivity contribution is 4.93. The van der Waals surface area contributed by atoms with E-state index in [1.165, 1.54) is 32.1 Å². The van der Waals surface area contributed by atoms with Gasteiger partial charge < -0.3 is 9.47 Å². The fourth-order valence-electron chi connectivity index (χ4n) is 3.48. The van der Waals surface area contributed by atoms with Gasteiger partial charge in [0.25, 0.3) is 0 Å². The van der Waals surface area contributed by atoms with E-state index < -0.39 is 0 Å². The van der Waals surface area contributed by atoms with Gasteiger partial charge >= 0.3 is 0 Å². The molecule has 0 aromatic carbocycles. The van der Waals surface area contributed by atoms with Crippen LogP contribution < -0.4 is 11.3 Å². The van der Waals surface area contributed by atoms with Gasteiger partial charge in [0.1, 0.15) is 0 Å². The molecule has 2 rings (SSSR count). The fraction of sp³-hybridized carbons (Fsp3) is 1.00. The Hall–Kier alpha value is -0.160. The largest absolute Gasteiger partial charge is 0.385 e. The molecule has 1 aliphatic carbocycles. The van der Waals surface area contributed by atoms with Crippen LogP contribution in [-0.2, 0) is 9.47 Å². The van der Waals surface area contributed by atoms with Gasteiger partial charge in [-0.25, -0.2) is 0 Å². The molecule has 4 heteroatoms. The van der Waals surface area contributed by atoms with E-state index in [4.69, 9.17) is 15.3 Å². The first-order valence-corrected chi connectivity index (χ1v) is 6.89. The van der Waals surface area contributed by atoms with Crippen molar-refractivity contribution in [3.05, 3.63) is 0 Å². The van der Waals surface area contributed by atoms with Crippen molar-refractivity contribution >= 4 is 0 Å². The number of hydrazine groups is 1. The third kappa shape index (κ3) is 3.19. The minimum atomic E-state index is 0.186. The molecule has 2 atom stereocenters. The molecular formula is C13H26N2O2. The molecule has 1 spiro atoms. The molecule has 2 unspecified atom stereocenters.